The average molecular weight is 427 g/mol. The van der Waals surface area contributed by atoms with Gasteiger partial charge in [-0.15, -0.1) is 0 Å². The maximum atomic E-state index is 12.5. The fourth-order valence-corrected chi connectivity index (χ4v) is 2.99. The van der Waals surface area contributed by atoms with Gasteiger partial charge in [0.05, 0.1) is 0 Å². The fourth-order valence-electron chi connectivity index (χ4n) is 2.39. The molecule has 0 heterocycles. The number of carboxylic acid groups (broad SMARTS) is 1. The summed E-state index contributed by atoms with van der Waals surface area (Å²) in [5.41, 5.74) is 1.34. The van der Waals surface area contributed by atoms with Crippen molar-refractivity contribution in [3.05, 3.63) is 69.2 Å². The van der Waals surface area contributed by atoms with Crippen LogP contribution in [0.3, 0.4) is 0 Å². The number of carbonyl (C=O) groups excluding carboxylic acids is 1. The van der Waals surface area contributed by atoms with Crippen LogP contribution in [0, 0.1) is 0 Å². The summed E-state index contributed by atoms with van der Waals surface area (Å²) in [6, 6.07) is 12.9. The molecule has 25 heavy (non-hydrogen) atoms. The second-order valence-electron chi connectivity index (χ2n) is 5.37. The number of hydrogen-bond acceptors (Lipinski definition) is 3. The molecule has 0 bridgehead atoms. The van der Waals surface area contributed by atoms with Gasteiger partial charge in [0.15, 0.2) is 6.10 Å². The number of rotatable bonds is 7. The Hall–Kier alpha value is -1.89. The summed E-state index contributed by atoms with van der Waals surface area (Å²) >= 11 is 9.33. The van der Waals surface area contributed by atoms with Crippen LogP contribution in [0.1, 0.15) is 17.2 Å². The van der Waals surface area contributed by atoms with Crippen molar-refractivity contribution >= 4 is 39.4 Å². The Kier molecular flexibility index (Phi) is 6.99. The molecule has 2 aromatic rings. The van der Waals surface area contributed by atoms with E-state index >= 15 is 0 Å². The average Bonchev–Trinajstić information content (AvgIpc) is 2.59. The summed E-state index contributed by atoms with van der Waals surface area (Å²) in [5.74, 6) is -1.65. The molecule has 0 spiro atoms. The summed E-state index contributed by atoms with van der Waals surface area (Å²) in [4.78, 5) is 24.1. The van der Waals surface area contributed by atoms with Gasteiger partial charge in [-0.2, -0.15) is 0 Å². The van der Waals surface area contributed by atoms with E-state index in [1.54, 1.807) is 42.5 Å². The van der Waals surface area contributed by atoms with E-state index in [4.69, 9.17) is 16.3 Å². The van der Waals surface area contributed by atoms with E-state index in [-0.39, 0.29) is 6.42 Å². The van der Waals surface area contributed by atoms with Crippen LogP contribution in [-0.2, 0) is 20.7 Å². The van der Waals surface area contributed by atoms with Gasteiger partial charge in [-0.25, -0.2) is 4.79 Å². The van der Waals surface area contributed by atoms with Gasteiger partial charge in [0.1, 0.15) is 6.04 Å². The minimum Gasteiger partial charge on any atom is -0.480 e. The monoisotopic (exact) mass is 425 g/mol. The third-order valence-corrected chi connectivity index (χ3v) is 4.63. The van der Waals surface area contributed by atoms with Crippen LogP contribution in [0.25, 0.3) is 0 Å². The Balaban J connectivity index is 2.16. The van der Waals surface area contributed by atoms with Crippen LogP contribution >= 0.6 is 27.5 Å². The van der Waals surface area contributed by atoms with Crippen LogP contribution in [0.2, 0.25) is 5.02 Å². The molecule has 5 nitrogen and oxygen atoms in total. The van der Waals surface area contributed by atoms with Gasteiger partial charge < -0.3 is 15.2 Å². The Morgan fingerprint density at radius 2 is 1.92 bits per heavy atom. The third kappa shape index (κ3) is 5.29. The van der Waals surface area contributed by atoms with Crippen molar-refractivity contribution in [1.82, 2.24) is 5.32 Å². The highest BCUT2D eigenvalue weighted by atomic mass is 79.9. The zero-order valence-corrected chi connectivity index (χ0v) is 15.8. The number of hydrogen-bond donors (Lipinski definition) is 2. The highest BCUT2D eigenvalue weighted by Gasteiger charge is 2.27. The molecule has 0 aliphatic carbocycles. The molecule has 132 valence electrons. The number of carboxylic acids is 1. The van der Waals surface area contributed by atoms with Gasteiger partial charge in [-0.1, -0.05) is 57.9 Å². The lowest BCUT2D eigenvalue weighted by Gasteiger charge is -2.20. The van der Waals surface area contributed by atoms with Crippen LogP contribution < -0.4 is 5.32 Å². The lowest BCUT2D eigenvalue weighted by Crippen LogP contribution is -2.44. The first-order valence-corrected chi connectivity index (χ1v) is 8.64. The van der Waals surface area contributed by atoms with Crippen LogP contribution in [0.4, 0.5) is 0 Å². The Morgan fingerprint density at radius 1 is 1.24 bits per heavy atom. The molecule has 0 saturated heterocycles. The molecular formula is C18H17BrClNO4. The molecule has 0 fully saturated rings. The second kappa shape index (κ2) is 8.99. The van der Waals surface area contributed by atoms with E-state index in [0.717, 1.165) is 4.47 Å². The quantitative estimate of drug-likeness (QED) is 0.709. The van der Waals surface area contributed by atoms with E-state index in [1.165, 1.54) is 7.11 Å². The smallest absolute Gasteiger partial charge is 0.326 e. The van der Waals surface area contributed by atoms with Crippen molar-refractivity contribution in [2.24, 2.45) is 0 Å². The number of amides is 1. The number of methoxy groups -OCH3 is 1. The first-order chi connectivity index (χ1) is 11.9. The first-order valence-electron chi connectivity index (χ1n) is 7.47. The zero-order chi connectivity index (χ0) is 18.4. The van der Waals surface area contributed by atoms with E-state index in [2.05, 4.69) is 21.2 Å². The molecule has 2 N–H and O–H groups in total. The standard InChI is InChI=1S/C18H17BrClNO4/c1-25-16(11-5-3-2-4-6-11)17(22)21-15(18(23)24)10-12-9-13(20)7-8-14(12)19/h2-9,15-16H,10H2,1H3,(H,21,22)(H,23,24)/t15-,16+/m0/s1. The van der Waals surface area contributed by atoms with E-state index < -0.39 is 24.0 Å². The predicted octanol–water partition coefficient (Wildman–Crippen LogP) is 3.60. The molecule has 0 aliphatic rings. The first kappa shape index (κ1) is 19.4. The Morgan fingerprint density at radius 3 is 2.52 bits per heavy atom. The van der Waals surface area contributed by atoms with Crippen LogP contribution in [-0.4, -0.2) is 30.1 Å². The molecule has 1 amide bonds. The molecule has 0 radical (unpaired) electrons. The number of carbonyl (C=O) groups is 2. The van der Waals surface area contributed by atoms with Crippen molar-refractivity contribution in [1.29, 1.82) is 0 Å². The van der Waals surface area contributed by atoms with Gasteiger partial charge in [-0.3, -0.25) is 4.79 Å². The Labute approximate surface area is 159 Å². The molecule has 0 unspecified atom stereocenters. The van der Waals surface area contributed by atoms with E-state index in [1.807, 2.05) is 6.07 Å². The molecule has 0 saturated carbocycles. The van der Waals surface area contributed by atoms with Gasteiger partial charge >= 0.3 is 5.97 Å². The minimum absolute atomic E-state index is 0.0907. The summed E-state index contributed by atoms with van der Waals surface area (Å²) in [7, 11) is 1.40. The topological polar surface area (TPSA) is 75.6 Å². The van der Waals surface area contributed by atoms with Crippen molar-refractivity contribution in [3.8, 4) is 0 Å². The SMILES string of the molecule is CO[C@@H](C(=O)N[C@@H](Cc1cc(Cl)ccc1Br)C(=O)O)c1ccccc1. The largest absolute Gasteiger partial charge is 0.480 e. The number of aliphatic carboxylic acids is 1. The number of nitrogens with one attached hydrogen (secondary N) is 1. The highest BCUT2D eigenvalue weighted by Crippen LogP contribution is 2.23. The molecule has 0 aliphatic heterocycles. The predicted molar refractivity (Wildman–Crippen MR) is 98.6 cm³/mol. The summed E-state index contributed by atoms with van der Waals surface area (Å²) in [5, 5.41) is 12.5. The van der Waals surface area contributed by atoms with Gasteiger partial charge in [0.25, 0.3) is 5.91 Å². The van der Waals surface area contributed by atoms with E-state index in [0.29, 0.717) is 16.1 Å². The minimum atomic E-state index is -1.14. The molecule has 2 atom stereocenters. The molecule has 2 rings (SSSR count). The van der Waals surface area contributed by atoms with Gasteiger partial charge in [0.2, 0.25) is 0 Å². The number of benzene rings is 2. The lowest BCUT2D eigenvalue weighted by molar-refractivity contribution is -0.144. The lowest BCUT2D eigenvalue weighted by atomic mass is 10.0. The fraction of sp³-hybridized carbons (Fsp3) is 0.222. The maximum Gasteiger partial charge on any atom is 0.326 e. The molecule has 0 aromatic heterocycles. The van der Waals surface area contributed by atoms with Crippen molar-refractivity contribution in [3.63, 3.8) is 0 Å². The Bertz CT molecular complexity index is 754. The van der Waals surface area contributed by atoms with Crippen LogP contribution in [0.5, 0.6) is 0 Å². The van der Waals surface area contributed by atoms with E-state index in [9.17, 15) is 14.7 Å². The van der Waals surface area contributed by atoms with Gasteiger partial charge in [-0.05, 0) is 29.3 Å². The number of halogens is 2. The normalized spacial score (nSPS) is 13.1. The number of ether oxygens (including phenoxy) is 1. The van der Waals surface area contributed by atoms with Crippen molar-refractivity contribution in [2.45, 2.75) is 18.6 Å². The molecule has 7 heteroatoms. The van der Waals surface area contributed by atoms with Crippen LogP contribution in [0.15, 0.2) is 53.0 Å². The molecular weight excluding hydrogens is 410 g/mol. The third-order valence-electron chi connectivity index (χ3n) is 3.62. The maximum absolute atomic E-state index is 12.5. The molecule has 2 aromatic carbocycles. The second-order valence-corrected chi connectivity index (χ2v) is 6.66. The van der Waals surface area contributed by atoms with Gasteiger partial charge in [0, 0.05) is 23.0 Å². The summed E-state index contributed by atoms with van der Waals surface area (Å²) < 4.78 is 5.96. The summed E-state index contributed by atoms with van der Waals surface area (Å²) in [6.07, 6.45) is -0.793. The highest BCUT2D eigenvalue weighted by molar-refractivity contribution is 9.10. The summed E-state index contributed by atoms with van der Waals surface area (Å²) in [6.45, 7) is 0. The zero-order valence-electron chi connectivity index (χ0n) is 13.4. The van der Waals surface area contributed by atoms with Crippen molar-refractivity contribution < 1.29 is 19.4 Å². The van der Waals surface area contributed by atoms with Crippen molar-refractivity contribution in [2.75, 3.05) is 7.11 Å².